The molecule has 3 rings (SSSR count). The zero-order valence-electron chi connectivity index (χ0n) is 11.5. The number of ether oxygens (including phenoxy) is 1. The first-order chi connectivity index (χ1) is 9.26. The van der Waals surface area contributed by atoms with Crippen LogP contribution >= 0.6 is 0 Å². The predicted molar refractivity (Wildman–Crippen MR) is 73.0 cm³/mol. The van der Waals surface area contributed by atoms with Crippen molar-refractivity contribution in [3.8, 4) is 11.9 Å². The second kappa shape index (κ2) is 5.21. The maximum absolute atomic E-state index is 9.26. The first-order valence-corrected chi connectivity index (χ1v) is 7.36. The smallest absolute Gasteiger partial charge is 0.232 e. The van der Waals surface area contributed by atoms with E-state index in [1.807, 2.05) is 6.07 Å². The molecular weight excluding hydrogens is 236 g/mol. The number of hydrogen-bond donors (Lipinski definition) is 0. The molecule has 0 aromatic carbocycles. The van der Waals surface area contributed by atoms with Gasteiger partial charge in [0.15, 0.2) is 0 Å². The molecule has 1 aromatic heterocycles. The highest BCUT2D eigenvalue weighted by molar-refractivity contribution is 5.44. The molecule has 100 valence electrons. The average molecular weight is 256 g/mol. The number of aryl methyl sites for hydroxylation is 2. The molecule has 0 saturated heterocycles. The molecule has 2 aliphatic carbocycles. The Morgan fingerprint density at radius 3 is 3.00 bits per heavy atom. The molecule has 0 amide bonds. The third-order valence-corrected chi connectivity index (χ3v) is 4.30. The molecule has 0 radical (unpaired) electrons. The fraction of sp³-hybridized carbons (Fsp3) is 0.625. The highest BCUT2D eigenvalue weighted by Crippen LogP contribution is 2.30. The maximum Gasteiger partial charge on any atom is 0.232 e. The van der Waals surface area contributed by atoms with Gasteiger partial charge in [-0.3, -0.25) is 0 Å². The van der Waals surface area contributed by atoms with Crippen LogP contribution in [0, 0.1) is 17.2 Å². The molecule has 2 aliphatic rings. The minimum Gasteiger partial charge on any atom is -0.473 e. The largest absolute Gasteiger partial charge is 0.473 e. The third-order valence-electron chi connectivity index (χ3n) is 4.30. The molecule has 3 heteroatoms. The fourth-order valence-corrected chi connectivity index (χ4v) is 3.27. The van der Waals surface area contributed by atoms with E-state index in [4.69, 9.17) is 4.74 Å². The molecule has 1 saturated carbocycles. The Morgan fingerprint density at radius 1 is 1.32 bits per heavy atom. The quantitative estimate of drug-likeness (QED) is 0.814. The lowest BCUT2D eigenvalue weighted by Gasteiger charge is -2.27. The zero-order valence-corrected chi connectivity index (χ0v) is 11.5. The van der Waals surface area contributed by atoms with Crippen LogP contribution in [0.1, 0.15) is 55.8 Å². The minimum absolute atomic E-state index is 0.239. The lowest BCUT2D eigenvalue weighted by molar-refractivity contribution is 0.123. The SMILES string of the molecule is CC1CCCC(Oc2nc3c(cc2C#N)CCC3)C1. The van der Waals surface area contributed by atoms with Gasteiger partial charge >= 0.3 is 0 Å². The highest BCUT2D eigenvalue weighted by Gasteiger charge is 2.23. The lowest BCUT2D eigenvalue weighted by atomic mass is 9.89. The van der Waals surface area contributed by atoms with E-state index < -0.39 is 0 Å². The maximum atomic E-state index is 9.26. The Morgan fingerprint density at radius 2 is 2.21 bits per heavy atom. The molecule has 0 N–H and O–H groups in total. The molecule has 19 heavy (non-hydrogen) atoms. The number of aromatic nitrogens is 1. The molecule has 1 heterocycles. The van der Waals surface area contributed by atoms with Gasteiger partial charge in [-0.2, -0.15) is 5.26 Å². The molecule has 1 aromatic rings. The van der Waals surface area contributed by atoms with E-state index in [9.17, 15) is 5.26 Å². The second-order valence-corrected chi connectivity index (χ2v) is 5.92. The van der Waals surface area contributed by atoms with Crippen LogP contribution in [-0.2, 0) is 12.8 Å². The number of nitriles is 1. The first kappa shape index (κ1) is 12.5. The van der Waals surface area contributed by atoms with Crippen molar-refractivity contribution < 1.29 is 4.74 Å². The van der Waals surface area contributed by atoms with Crippen molar-refractivity contribution in [1.82, 2.24) is 4.98 Å². The van der Waals surface area contributed by atoms with Gasteiger partial charge in [0.05, 0.1) is 0 Å². The molecular formula is C16H20N2O. The van der Waals surface area contributed by atoms with Crippen LogP contribution in [0.4, 0.5) is 0 Å². The molecule has 1 fully saturated rings. The van der Waals surface area contributed by atoms with Crippen molar-refractivity contribution in [2.45, 2.75) is 58.0 Å². The summed E-state index contributed by atoms with van der Waals surface area (Å²) in [4.78, 5) is 4.60. The van der Waals surface area contributed by atoms with Gasteiger partial charge in [-0.05, 0) is 56.1 Å². The van der Waals surface area contributed by atoms with E-state index in [2.05, 4.69) is 18.0 Å². The van der Waals surface area contributed by atoms with Crippen molar-refractivity contribution >= 4 is 0 Å². The summed E-state index contributed by atoms with van der Waals surface area (Å²) >= 11 is 0. The Hall–Kier alpha value is -1.56. The molecule has 3 nitrogen and oxygen atoms in total. The van der Waals surface area contributed by atoms with Crippen LogP contribution < -0.4 is 4.74 Å². The van der Waals surface area contributed by atoms with Crippen molar-refractivity contribution in [2.24, 2.45) is 5.92 Å². The Kier molecular flexibility index (Phi) is 3.42. The van der Waals surface area contributed by atoms with Crippen LogP contribution in [0.25, 0.3) is 0 Å². The van der Waals surface area contributed by atoms with Gasteiger partial charge in [-0.15, -0.1) is 0 Å². The van der Waals surface area contributed by atoms with E-state index in [1.54, 1.807) is 0 Å². The van der Waals surface area contributed by atoms with Gasteiger partial charge in [0, 0.05) is 5.69 Å². The summed E-state index contributed by atoms with van der Waals surface area (Å²) in [5, 5.41) is 9.26. The predicted octanol–water partition coefficient (Wildman–Crippen LogP) is 3.40. The van der Waals surface area contributed by atoms with Crippen LogP contribution in [0.15, 0.2) is 6.07 Å². The Labute approximate surface area is 114 Å². The highest BCUT2D eigenvalue weighted by atomic mass is 16.5. The summed E-state index contributed by atoms with van der Waals surface area (Å²) in [6.07, 6.45) is 8.16. The fourth-order valence-electron chi connectivity index (χ4n) is 3.27. The number of fused-ring (bicyclic) bond motifs is 1. The van der Waals surface area contributed by atoms with Gasteiger partial charge in [0.1, 0.15) is 17.7 Å². The van der Waals surface area contributed by atoms with Gasteiger partial charge in [0.25, 0.3) is 0 Å². The monoisotopic (exact) mass is 256 g/mol. The Bertz CT molecular complexity index is 518. The van der Waals surface area contributed by atoms with Crippen molar-refractivity contribution in [1.29, 1.82) is 5.26 Å². The molecule has 2 atom stereocenters. The average Bonchev–Trinajstić information content (AvgIpc) is 2.85. The van der Waals surface area contributed by atoms with Crippen LogP contribution in [-0.4, -0.2) is 11.1 Å². The van der Waals surface area contributed by atoms with E-state index in [-0.39, 0.29) is 6.10 Å². The van der Waals surface area contributed by atoms with Crippen molar-refractivity contribution in [3.05, 3.63) is 22.9 Å². The first-order valence-electron chi connectivity index (χ1n) is 7.36. The molecule has 0 spiro atoms. The number of pyridine rings is 1. The summed E-state index contributed by atoms with van der Waals surface area (Å²) in [6, 6.07) is 4.22. The van der Waals surface area contributed by atoms with E-state index in [0.29, 0.717) is 11.4 Å². The Balaban J connectivity index is 1.82. The zero-order chi connectivity index (χ0) is 13.2. The van der Waals surface area contributed by atoms with Gasteiger partial charge in [0.2, 0.25) is 5.88 Å². The number of nitrogens with zero attached hydrogens (tertiary/aromatic N) is 2. The van der Waals surface area contributed by atoms with E-state index in [1.165, 1.54) is 18.4 Å². The summed E-state index contributed by atoms with van der Waals surface area (Å²) in [5.41, 5.74) is 2.98. The summed E-state index contributed by atoms with van der Waals surface area (Å²) in [7, 11) is 0. The second-order valence-electron chi connectivity index (χ2n) is 5.92. The van der Waals surface area contributed by atoms with Crippen LogP contribution in [0.2, 0.25) is 0 Å². The topological polar surface area (TPSA) is 45.9 Å². The van der Waals surface area contributed by atoms with Crippen LogP contribution in [0.3, 0.4) is 0 Å². The van der Waals surface area contributed by atoms with Gasteiger partial charge in [-0.1, -0.05) is 13.3 Å². The molecule has 0 aliphatic heterocycles. The number of hydrogen-bond acceptors (Lipinski definition) is 3. The molecule has 0 bridgehead atoms. The van der Waals surface area contributed by atoms with Gasteiger partial charge in [-0.25, -0.2) is 4.98 Å². The third kappa shape index (κ3) is 2.58. The summed E-state index contributed by atoms with van der Waals surface area (Å²) < 4.78 is 6.04. The lowest BCUT2D eigenvalue weighted by Crippen LogP contribution is -2.25. The van der Waals surface area contributed by atoms with Crippen molar-refractivity contribution in [3.63, 3.8) is 0 Å². The van der Waals surface area contributed by atoms with Crippen molar-refractivity contribution in [2.75, 3.05) is 0 Å². The number of rotatable bonds is 2. The normalized spacial score (nSPS) is 25.7. The van der Waals surface area contributed by atoms with Gasteiger partial charge < -0.3 is 4.74 Å². The van der Waals surface area contributed by atoms with E-state index >= 15 is 0 Å². The van der Waals surface area contributed by atoms with Crippen LogP contribution in [0.5, 0.6) is 5.88 Å². The summed E-state index contributed by atoms with van der Waals surface area (Å²) in [6.45, 7) is 2.27. The summed E-state index contributed by atoms with van der Waals surface area (Å²) in [5.74, 6) is 1.29. The standard InChI is InChI=1S/C16H20N2O/c1-11-4-2-6-14(8-11)19-16-13(10-17)9-12-5-3-7-15(12)18-16/h9,11,14H,2-8H2,1H3. The molecule has 2 unspecified atom stereocenters. The van der Waals surface area contributed by atoms with E-state index in [0.717, 1.165) is 43.7 Å². The minimum atomic E-state index is 0.239.